The van der Waals surface area contributed by atoms with E-state index in [0.29, 0.717) is 27.7 Å². The van der Waals surface area contributed by atoms with Crippen molar-refractivity contribution in [2.24, 2.45) is 5.10 Å². The second-order valence-corrected chi connectivity index (χ2v) is 7.27. The van der Waals surface area contributed by atoms with E-state index in [1.165, 1.54) is 6.21 Å². The molecule has 0 heterocycles. The van der Waals surface area contributed by atoms with Gasteiger partial charge in [0.25, 0.3) is 5.91 Å². The predicted octanol–water partition coefficient (Wildman–Crippen LogP) is 3.75. The van der Waals surface area contributed by atoms with Crippen molar-refractivity contribution in [1.29, 1.82) is 0 Å². The molecule has 0 aliphatic heterocycles. The molecule has 0 fully saturated rings. The fourth-order valence-electron chi connectivity index (χ4n) is 2.65. The van der Waals surface area contributed by atoms with Crippen LogP contribution >= 0.6 is 11.6 Å². The molecule has 0 aromatic heterocycles. The molecule has 0 atom stereocenters. The Morgan fingerprint density at radius 1 is 0.909 bits per heavy atom. The van der Waals surface area contributed by atoms with E-state index in [4.69, 9.17) is 16.3 Å². The minimum absolute atomic E-state index is 0.215. The number of hydrogen-bond donors (Lipinski definition) is 3. The van der Waals surface area contributed by atoms with Gasteiger partial charge in [-0.25, -0.2) is 5.43 Å². The summed E-state index contributed by atoms with van der Waals surface area (Å²) in [7, 11) is 0. The molecular formula is C24H21ClN4O4. The second kappa shape index (κ2) is 11.4. The van der Waals surface area contributed by atoms with Crippen LogP contribution in [-0.4, -0.2) is 30.5 Å². The molecule has 0 bridgehead atoms. The van der Waals surface area contributed by atoms with Crippen molar-refractivity contribution < 1.29 is 19.1 Å². The number of halogens is 1. The maximum absolute atomic E-state index is 12.1. The summed E-state index contributed by atoms with van der Waals surface area (Å²) in [5.74, 6) is -1.79. The first kappa shape index (κ1) is 23.5. The number of hydrogen-bond acceptors (Lipinski definition) is 5. The molecule has 3 rings (SSSR count). The molecule has 3 amide bonds. The van der Waals surface area contributed by atoms with Gasteiger partial charge < -0.3 is 15.4 Å². The minimum Gasteiger partial charge on any atom is -0.483 e. The monoisotopic (exact) mass is 464 g/mol. The minimum atomic E-state index is -0.955. The quantitative estimate of drug-likeness (QED) is 0.281. The maximum Gasteiger partial charge on any atom is 0.329 e. The number of carbonyl (C=O) groups excluding carboxylic acids is 3. The third kappa shape index (κ3) is 7.19. The van der Waals surface area contributed by atoms with Crippen molar-refractivity contribution in [2.75, 3.05) is 17.2 Å². The summed E-state index contributed by atoms with van der Waals surface area (Å²) in [5, 5.41) is 9.44. The highest BCUT2D eigenvalue weighted by Crippen LogP contribution is 2.20. The molecule has 0 saturated carbocycles. The summed E-state index contributed by atoms with van der Waals surface area (Å²) in [6.45, 7) is 1.61. The van der Waals surface area contributed by atoms with Crippen molar-refractivity contribution in [1.82, 2.24) is 5.43 Å². The Kier molecular flexibility index (Phi) is 8.15. The van der Waals surface area contributed by atoms with Crippen molar-refractivity contribution >= 4 is 46.9 Å². The zero-order valence-electron chi connectivity index (χ0n) is 17.7. The Morgan fingerprint density at radius 3 is 2.39 bits per heavy atom. The molecule has 3 aromatic rings. The molecule has 8 nitrogen and oxygen atoms in total. The van der Waals surface area contributed by atoms with Crippen LogP contribution in [0.25, 0.3) is 0 Å². The van der Waals surface area contributed by atoms with Crippen molar-refractivity contribution in [3.63, 3.8) is 0 Å². The van der Waals surface area contributed by atoms with E-state index < -0.39 is 11.8 Å². The first-order valence-corrected chi connectivity index (χ1v) is 10.3. The van der Waals surface area contributed by atoms with E-state index in [-0.39, 0.29) is 12.5 Å². The summed E-state index contributed by atoms with van der Waals surface area (Å²) in [4.78, 5) is 36.1. The smallest absolute Gasteiger partial charge is 0.329 e. The lowest BCUT2D eigenvalue weighted by Gasteiger charge is -2.09. The van der Waals surface area contributed by atoms with E-state index in [0.717, 1.165) is 5.56 Å². The van der Waals surface area contributed by atoms with E-state index in [1.807, 2.05) is 25.1 Å². The van der Waals surface area contributed by atoms with Gasteiger partial charge in [-0.05, 0) is 48.9 Å². The zero-order chi connectivity index (χ0) is 23.6. The van der Waals surface area contributed by atoms with Gasteiger partial charge in [0, 0.05) is 22.0 Å². The van der Waals surface area contributed by atoms with Crippen LogP contribution in [0.15, 0.2) is 77.9 Å². The molecule has 3 N–H and O–H groups in total. The van der Waals surface area contributed by atoms with Crippen LogP contribution in [-0.2, 0) is 14.4 Å². The van der Waals surface area contributed by atoms with Crippen LogP contribution < -0.4 is 20.8 Å². The molecule has 3 aromatic carbocycles. The number of amides is 3. The highest BCUT2D eigenvalue weighted by Gasteiger charge is 2.13. The van der Waals surface area contributed by atoms with Gasteiger partial charge >= 0.3 is 11.8 Å². The molecule has 0 saturated heterocycles. The average molecular weight is 465 g/mol. The first-order valence-electron chi connectivity index (χ1n) is 9.89. The summed E-state index contributed by atoms with van der Waals surface area (Å²) >= 11 is 6.02. The van der Waals surface area contributed by atoms with Gasteiger partial charge in [0.2, 0.25) is 0 Å². The first-order chi connectivity index (χ1) is 15.9. The van der Waals surface area contributed by atoms with Crippen molar-refractivity contribution in [3.05, 3.63) is 88.9 Å². The molecule has 0 spiro atoms. The van der Waals surface area contributed by atoms with E-state index in [1.54, 1.807) is 54.6 Å². The molecule has 0 radical (unpaired) electrons. The summed E-state index contributed by atoms with van der Waals surface area (Å²) in [6, 6.07) is 20.8. The fourth-order valence-corrected chi connectivity index (χ4v) is 2.83. The SMILES string of the molecule is Cc1ccc(NC(=O)C(=O)N/N=C\c2ccccc2OCC(=O)Nc2ccccc2)cc1Cl. The Balaban J connectivity index is 1.53. The lowest BCUT2D eigenvalue weighted by molar-refractivity contribution is -0.136. The zero-order valence-corrected chi connectivity index (χ0v) is 18.4. The van der Waals surface area contributed by atoms with Gasteiger partial charge in [-0.2, -0.15) is 5.10 Å². The standard InChI is InChI=1S/C24H21ClN4O4/c1-16-11-12-19(13-20(16)25)28-23(31)24(32)29-26-14-17-7-5-6-10-21(17)33-15-22(30)27-18-8-3-2-4-9-18/h2-14H,15H2,1H3,(H,27,30)(H,28,31)(H,29,32)/b26-14-. The lowest BCUT2D eigenvalue weighted by Crippen LogP contribution is -2.32. The van der Waals surface area contributed by atoms with Gasteiger partial charge in [-0.3, -0.25) is 14.4 Å². The molecular weight excluding hydrogens is 444 g/mol. The number of hydrazone groups is 1. The number of anilines is 2. The highest BCUT2D eigenvalue weighted by molar-refractivity contribution is 6.39. The summed E-state index contributed by atoms with van der Waals surface area (Å²) < 4.78 is 5.57. The Bertz CT molecular complexity index is 1180. The number of nitrogens with one attached hydrogen (secondary N) is 3. The number of para-hydroxylation sites is 2. The number of carbonyl (C=O) groups is 3. The predicted molar refractivity (Wildman–Crippen MR) is 128 cm³/mol. The van der Waals surface area contributed by atoms with Crippen LogP contribution in [0.4, 0.5) is 11.4 Å². The molecule has 33 heavy (non-hydrogen) atoms. The molecule has 168 valence electrons. The topological polar surface area (TPSA) is 109 Å². The lowest BCUT2D eigenvalue weighted by atomic mass is 10.2. The van der Waals surface area contributed by atoms with Crippen LogP contribution in [0.2, 0.25) is 5.02 Å². The van der Waals surface area contributed by atoms with Crippen LogP contribution in [0.1, 0.15) is 11.1 Å². The Labute approximate surface area is 195 Å². The van der Waals surface area contributed by atoms with Gasteiger partial charge in [0.15, 0.2) is 6.61 Å². The largest absolute Gasteiger partial charge is 0.483 e. The second-order valence-electron chi connectivity index (χ2n) is 6.86. The fraction of sp³-hybridized carbons (Fsp3) is 0.0833. The van der Waals surface area contributed by atoms with E-state index in [9.17, 15) is 14.4 Å². The Hall–Kier alpha value is -4.17. The number of benzene rings is 3. The van der Waals surface area contributed by atoms with Crippen molar-refractivity contribution in [3.8, 4) is 5.75 Å². The van der Waals surface area contributed by atoms with Crippen molar-refractivity contribution in [2.45, 2.75) is 6.92 Å². The van der Waals surface area contributed by atoms with Gasteiger partial charge in [0.1, 0.15) is 5.75 Å². The van der Waals surface area contributed by atoms with Crippen LogP contribution in [0.5, 0.6) is 5.75 Å². The maximum atomic E-state index is 12.1. The van der Waals surface area contributed by atoms with E-state index in [2.05, 4.69) is 21.2 Å². The molecule has 0 aliphatic rings. The number of rotatable bonds is 7. The van der Waals surface area contributed by atoms with Gasteiger partial charge in [0.05, 0.1) is 6.21 Å². The summed E-state index contributed by atoms with van der Waals surface area (Å²) in [5.41, 5.74) is 4.56. The van der Waals surface area contributed by atoms with Crippen LogP contribution in [0.3, 0.4) is 0 Å². The van der Waals surface area contributed by atoms with Gasteiger partial charge in [-0.15, -0.1) is 0 Å². The molecule has 9 heteroatoms. The van der Waals surface area contributed by atoms with Gasteiger partial charge in [-0.1, -0.05) is 48.0 Å². The Morgan fingerprint density at radius 2 is 1.64 bits per heavy atom. The number of nitrogens with zero attached hydrogens (tertiary/aromatic N) is 1. The molecule has 0 unspecified atom stereocenters. The highest BCUT2D eigenvalue weighted by atomic mass is 35.5. The molecule has 0 aliphatic carbocycles. The normalized spacial score (nSPS) is 10.5. The third-order valence-corrected chi connectivity index (χ3v) is 4.75. The number of aryl methyl sites for hydroxylation is 1. The van der Waals surface area contributed by atoms with E-state index >= 15 is 0 Å². The van der Waals surface area contributed by atoms with Crippen LogP contribution in [0, 0.1) is 6.92 Å². The third-order valence-electron chi connectivity index (χ3n) is 4.34. The average Bonchev–Trinajstić information content (AvgIpc) is 2.81. The summed E-state index contributed by atoms with van der Waals surface area (Å²) in [6.07, 6.45) is 1.32. The number of ether oxygens (including phenoxy) is 1.